The predicted octanol–water partition coefficient (Wildman–Crippen LogP) is 3.53. The Kier molecular flexibility index (Phi) is 4.22. The zero-order valence-corrected chi connectivity index (χ0v) is 14.4. The Hall–Kier alpha value is -1.95. The van der Waals surface area contributed by atoms with Gasteiger partial charge in [-0.3, -0.25) is 0 Å². The van der Waals surface area contributed by atoms with Gasteiger partial charge in [0.2, 0.25) is 5.95 Å². The summed E-state index contributed by atoms with van der Waals surface area (Å²) in [6.45, 7) is 7.04. The van der Waals surface area contributed by atoms with Crippen LogP contribution in [0.4, 0.5) is 5.95 Å². The number of aromatic nitrogens is 3. The van der Waals surface area contributed by atoms with Gasteiger partial charge in [-0.05, 0) is 38.5 Å². The van der Waals surface area contributed by atoms with Crippen molar-refractivity contribution >= 4 is 5.95 Å². The molecular formula is C18H24N4O2. The van der Waals surface area contributed by atoms with Crippen LogP contribution in [0.2, 0.25) is 0 Å². The molecule has 2 aliphatic rings. The first kappa shape index (κ1) is 15.6. The summed E-state index contributed by atoms with van der Waals surface area (Å²) in [5, 5.41) is 4.00. The summed E-state index contributed by atoms with van der Waals surface area (Å²) in [5.74, 6) is 2.22. The van der Waals surface area contributed by atoms with Crippen LogP contribution < -0.4 is 4.90 Å². The van der Waals surface area contributed by atoms with Crippen molar-refractivity contribution in [3.05, 3.63) is 23.7 Å². The summed E-state index contributed by atoms with van der Waals surface area (Å²) in [6.07, 6.45) is 6.44. The van der Waals surface area contributed by atoms with Crippen molar-refractivity contribution in [1.82, 2.24) is 15.1 Å². The quantitative estimate of drug-likeness (QED) is 0.859. The molecule has 6 heteroatoms. The van der Waals surface area contributed by atoms with Gasteiger partial charge in [0, 0.05) is 32.0 Å². The smallest absolute Gasteiger partial charge is 0.225 e. The Morgan fingerprint density at radius 2 is 2.17 bits per heavy atom. The molecule has 0 bridgehead atoms. The number of nitrogens with zero attached hydrogens (tertiary/aromatic N) is 4. The van der Waals surface area contributed by atoms with Crippen molar-refractivity contribution in [2.45, 2.75) is 45.6 Å². The maximum Gasteiger partial charge on any atom is 0.225 e. The van der Waals surface area contributed by atoms with Crippen LogP contribution >= 0.6 is 0 Å². The minimum atomic E-state index is 0.0226. The summed E-state index contributed by atoms with van der Waals surface area (Å²) in [5.41, 5.74) is 2.69. The van der Waals surface area contributed by atoms with Crippen molar-refractivity contribution < 1.29 is 9.26 Å². The molecule has 0 amide bonds. The van der Waals surface area contributed by atoms with Gasteiger partial charge in [0.15, 0.2) is 5.76 Å². The number of rotatable bonds is 3. The molecule has 0 N–H and O–H groups in total. The van der Waals surface area contributed by atoms with E-state index in [2.05, 4.69) is 22.0 Å². The third kappa shape index (κ3) is 3.02. The summed E-state index contributed by atoms with van der Waals surface area (Å²) in [4.78, 5) is 11.8. The second-order valence-corrected chi connectivity index (χ2v) is 7.00. The SMILES string of the molecule is Cc1cc(-c2cnc(N3CCC[C@@H](C)C3)nc2[C@@H]2CCCO2)on1. The number of anilines is 1. The zero-order chi connectivity index (χ0) is 16.5. The average molecular weight is 328 g/mol. The minimum Gasteiger partial charge on any atom is -0.372 e. The molecule has 2 aromatic rings. The van der Waals surface area contributed by atoms with Crippen LogP contribution in [0, 0.1) is 12.8 Å². The van der Waals surface area contributed by atoms with E-state index < -0.39 is 0 Å². The fraction of sp³-hybridized carbons (Fsp3) is 0.611. The van der Waals surface area contributed by atoms with Gasteiger partial charge in [0.25, 0.3) is 0 Å². The zero-order valence-electron chi connectivity index (χ0n) is 14.4. The van der Waals surface area contributed by atoms with Crippen molar-refractivity contribution in [2.75, 3.05) is 24.6 Å². The highest BCUT2D eigenvalue weighted by Gasteiger charge is 2.27. The molecule has 0 radical (unpaired) electrons. The lowest BCUT2D eigenvalue weighted by Gasteiger charge is -2.31. The van der Waals surface area contributed by atoms with E-state index in [0.717, 1.165) is 61.2 Å². The van der Waals surface area contributed by atoms with Gasteiger partial charge in [-0.1, -0.05) is 12.1 Å². The Morgan fingerprint density at radius 1 is 1.25 bits per heavy atom. The average Bonchev–Trinajstić information content (AvgIpc) is 3.26. The molecule has 6 nitrogen and oxygen atoms in total. The monoisotopic (exact) mass is 328 g/mol. The molecule has 2 fully saturated rings. The highest BCUT2D eigenvalue weighted by Crippen LogP contribution is 2.35. The lowest BCUT2D eigenvalue weighted by molar-refractivity contribution is 0.109. The van der Waals surface area contributed by atoms with Crippen LogP contribution in [-0.2, 0) is 4.74 Å². The Bertz CT molecular complexity index is 709. The topological polar surface area (TPSA) is 64.3 Å². The van der Waals surface area contributed by atoms with Crippen molar-refractivity contribution in [3.8, 4) is 11.3 Å². The van der Waals surface area contributed by atoms with E-state index in [0.29, 0.717) is 5.92 Å². The fourth-order valence-electron chi connectivity index (χ4n) is 3.63. The largest absolute Gasteiger partial charge is 0.372 e. The Labute approximate surface area is 142 Å². The molecule has 24 heavy (non-hydrogen) atoms. The maximum absolute atomic E-state index is 5.90. The van der Waals surface area contributed by atoms with E-state index >= 15 is 0 Å². The van der Waals surface area contributed by atoms with E-state index in [1.165, 1.54) is 12.8 Å². The highest BCUT2D eigenvalue weighted by atomic mass is 16.5. The van der Waals surface area contributed by atoms with Gasteiger partial charge in [-0.2, -0.15) is 0 Å². The molecule has 4 heterocycles. The van der Waals surface area contributed by atoms with E-state index in [9.17, 15) is 0 Å². The molecular weight excluding hydrogens is 304 g/mol. The van der Waals surface area contributed by atoms with Crippen LogP contribution in [-0.4, -0.2) is 34.8 Å². The maximum atomic E-state index is 5.90. The highest BCUT2D eigenvalue weighted by molar-refractivity contribution is 5.61. The van der Waals surface area contributed by atoms with Crippen LogP contribution in [0.15, 0.2) is 16.8 Å². The summed E-state index contributed by atoms with van der Waals surface area (Å²) >= 11 is 0. The molecule has 0 saturated carbocycles. The normalized spacial score (nSPS) is 24.5. The van der Waals surface area contributed by atoms with Gasteiger partial charge < -0.3 is 14.2 Å². The third-order valence-corrected chi connectivity index (χ3v) is 4.87. The molecule has 0 aliphatic carbocycles. The first-order chi connectivity index (χ1) is 11.7. The predicted molar refractivity (Wildman–Crippen MR) is 90.8 cm³/mol. The van der Waals surface area contributed by atoms with Crippen molar-refractivity contribution in [2.24, 2.45) is 5.92 Å². The summed E-state index contributed by atoms with van der Waals surface area (Å²) in [6, 6.07) is 1.93. The van der Waals surface area contributed by atoms with Gasteiger partial charge in [0.05, 0.1) is 17.0 Å². The van der Waals surface area contributed by atoms with Crippen molar-refractivity contribution in [3.63, 3.8) is 0 Å². The van der Waals surface area contributed by atoms with E-state index in [-0.39, 0.29) is 6.10 Å². The summed E-state index contributed by atoms with van der Waals surface area (Å²) < 4.78 is 11.4. The number of hydrogen-bond donors (Lipinski definition) is 0. The molecule has 0 aromatic carbocycles. The van der Waals surface area contributed by atoms with Crippen LogP contribution in [0.5, 0.6) is 0 Å². The number of ether oxygens (including phenoxy) is 1. The fourth-order valence-corrected chi connectivity index (χ4v) is 3.63. The minimum absolute atomic E-state index is 0.0226. The Morgan fingerprint density at radius 3 is 2.88 bits per heavy atom. The van der Waals surface area contributed by atoms with Crippen LogP contribution in [0.1, 0.15) is 50.1 Å². The first-order valence-corrected chi connectivity index (χ1v) is 8.88. The molecule has 2 aliphatic heterocycles. The van der Waals surface area contributed by atoms with E-state index in [1.54, 1.807) is 0 Å². The van der Waals surface area contributed by atoms with E-state index in [4.69, 9.17) is 14.2 Å². The second kappa shape index (κ2) is 6.51. The van der Waals surface area contributed by atoms with Crippen LogP contribution in [0.3, 0.4) is 0 Å². The summed E-state index contributed by atoms with van der Waals surface area (Å²) in [7, 11) is 0. The number of aryl methyl sites for hydroxylation is 1. The number of piperidine rings is 1. The van der Waals surface area contributed by atoms with Crippen molar-refractivity contribution in [1.29, 1.82) is 0 Å². The first-order valence-electron chi connectivity index (χ1n) is 8.88. The lowest BCUT2D eigenvalue weighted by Crippen LogP contribution is -2.35. The van der Waals surface area contributed by atoms with Gasteiger partial charge in [0.1, 0.15) is 6.10 Å². The lowest BCUT2D eigenvalue weighted by atomic mass is 10.0. The third-order valence-electron chi connectivity index (χ3n) is 4.87. The molecule has 2 saturated heterocycles. The second-order valence-electron chi connectivity index (χ2n) is 7.00. The number of hydrogen-bond acceptors (Lipinski definition) is 6. The molecule has 2 aromatic heterocycles. The molecule has 2 atom stereocenters. The molecule has 0 spiro atoms. The molecule has 0 unspecified atom stereocenters. The van der Waals surface area contributed by atoms with Gasteiger partial charge in [-0.25, -0.2) is 9.97 Å². The molecule has 4 rings (SSSR count). The van der Waals surface area contributed by atoms with Crippen LogP contribution in [0.25, 0.3) is 11.3 Å². The standard InChI is InChI=1S/C18H24N4O2/c1-12-5-3-7-22(11-12)18-19-10-14(16-9-13(2)21-24-16)17(20-18)15-6-4-8-23-15/h9-10,12,15H,3-8,11H2,1-2H3/t12-,15+/m1/s1. The van der Waals surface area contributed by atoms with E-state index in [1.807, 2.05) is 19.2 Å². The Balaban J connectivity index is 1.71. The van der Waals surface area contributed by atoms with Gasteiger partial charge >= 0.3 is 0 Å². The van der Waals surface area contributed by atoms with Gasteiger partial charge in [-0.15, -0.1) is 0 Å². The molecule has 128 valence electrons.